The number of nitrogen functional groups attached to an aromatic ring is 1. The monoisotopic (exact) mass is 276 g/mol. The lowest BCUT2D eigenvalue weighted by Gasteiger charge is -2.04. The van der Waals surface area contributed by atoms with Crippen LogP contribution in [-0.4, -0.2) is 14.3 Å². The molecule has 0 bridgehead atoms. The van der Waals surface area contributed by atoms with Crippen LogP contribution in [0, 0.1) is 0 Å². The third-order valence-corrected chi connectivity index (χ3v) is 3.95. The maximum atomic E-state index is 5.84. The van der Waals surface area contributed by atoms with Crippen LogP contribution in [0.3, 0.4) is 0 Å². The van der Waals surface area contributed by atoms with Crippen LogP contribution in [0.1, 0.15) is 5.69 Å². The van der Waals surface area contributed by atoms with Gasteiger partial charge in [0.2, 0.25) is 0 Å². The molecule has 0 atom stereocenters. The molecule has 0 amide bonds. The van der Waals surface area contributed by atoms with Gasteiger partial charge in [-0.15, -0.1) is 0 Å². The molecule has 0 aliphatic rings. The minimum absolute atomic E-state index is 0.759. The third-order valence-electron chi connectivity index (χ3n) is 3.95. The molecule has 0 fully saturated rings. The van der Waals surface area contributed by atoms with Crippen molar-refractivity contribution in [1.29, 1.82) is 0 Å². The van der Waals surface area contributed by atoms with Gasteiger partial charge in [-0.2, -0.15) is 5.10 Å². The van der Waals surface area contributed by atoms with Gasteiger partial charge in [-0.25, -0.2) is 0 Å². The van der Waals surface area contributed by atoms with Gasteiger partial charge >= 0.3 is 0 Å². The van der Waals surface area contributed by atoms with E-state index in [-0.39, 0.29) is 0 Å². The van der Waals surface area contributed by atoms with Crippen molar-refractivity contribution in [2.75, 3.05) is 5.73 Å². The van der Waals surface area contributed by atoms with Crippen molar-refractivity contribution in [2.45, 2.75) is 6.54 Å². The molecule has 0 aliphatic heterocycles. The summed E-state index contributed by atoms with van der Waals surface area (Å²) in [5, 5.41) is 7.03. The van der Waals surface area contributed by atoms with Crippen LogP contribution in [-0.2, 0) is 13.6 Å². The number of nitrogens with two attached hydrogens (primary N) is 1. The fraction of sp³-hybridized carbons (Fsp3) is 0.118. The molecule has 0 unspecified atom stereocenters. The smallest absolute Gasteiger partial charge is 0.0900 e. The number of rotatable bonds is 2. The molecule has 0 saturated heterocycles. The van der Waals surface area contributed by atoms with Gasteiger partial charge in [0.25, 0.3) is 0 Å². The molecule has 0 aliphatic carbocycles. The van der Waals surface area contributed by atoms with E-state index in [0.29, 0.717) is 0 Å². The highest BCUT2D eigenvalue weighted by Gasteiger charge is 2.09. The lowest BCUT2D eigenvalue weighted by Crippen LogP contribution is -2.00. The Morgan fingerprint density at radius 1 is 1.05 bits per heavy atom. The highest BCUT2D eigenvalue weighted by molar-refractivity contribution is 5.84. The van der Waals surface area contributed by atoms with E-state index in [9.17, 15) is 0 Å². The Morgan fingerprint density at radius 2 is 1.90 bits per heavy atom. The van der Waals surface area contributed by atoms with Gasteiger partial charge in [-0.05, 0) is 30.3 Å². The first-order valence-electron chi connectivity index (χ1n) is 6.97. The molecular formula is C17H16N4. The number of hydrogen-bond acceptors (Lipinski definition) is 2. The van der Waals surface area contributed by atoms with E-state index in [1.807, 2.05) is 29.9 Å². The van der Waals surface area contributed by atoms with Crippen LogP contribution in [0.2, 0.25) is 0 Å². The summed E-state index contributed by atoms with van der Waals surface area (Å²) >= 11 is 0. The van der Waals surface area contributed by atoms with E-state index in [1.165, 1.54) is 10.9 Å². The second-order valence-corrected chi connectivity index (χ2v) is 5.35. The first-order chi connectivity index (χ1) is 10.2. The fourth-order valence-electron chi connectivity index (χ4n) is 2.92. The van der Waals surface area contributed by atoms with E-state index in [4.69, 9.17) is 5.73 Å². The summed E-state index contributed by atoms with van der Waals surface area (Å²) in [6.07, 6.45) is 2.09. The van der Waals surface area contributed by atoms with E-state index >= 15 is 0 Å². The van der Waals surface area contributed by atoms with Crippen molar-refractivity contribution in [1.82, 2.24) is 14.3 Å². The first-order valence-corrected chi connectivity index (χ1v) is 6.97. The number of benzene rings is 2. The van der Waals surface area contributed by atoms with Gasteiger partial charge < -0.3 is 10.3 Å². The summed E-state index contributed by atoms with van der Waals surface area (Å²) in [5.74, 6) is 0. The zero-order valence-electron chi connectivity index (χ0n) is 11.8. The Bertz CT molecular complexity index is 946. The van der Waals surface area contributed by atoms with Crippen LogP contribution >= 0.6 is 0 Å². The van der Waals surface area contributed by atoms with Crippen molar-refractivity contribution in [3.8, 4) is 0 Å². The molecule has 2 aromatic carbocycles. The minimum atomic E-state index is 0.759. The van der Waals surface area contributed by atoms with Crippen molar-refractivity contribution < 1.29 is 0 Å². The topological polar surface area (TPSA) is 48.8 Å². The zero-order valence-corrected chi connectivity index (χ0v) is 11.8. The second-order valence-electron chi connectivity index (χ2n) is 5.35. The van der Waals surface area contributed by atoms with Crippen molar-refractivity contribution in [2.24, 2.45) is 7.05 Å². The van der Waals surface area contributed by atoms with E-state index < -0.39 is 0 Å². The van der Waals surface area contributed by atoms with Crippen molar-refractivity contribution in [3.63, 3.8) is 0 Å². The molecule has 4 aromatic rings. The van der Waals surface area contributed by atoms with E-state index in [2.05, 4.69) is 46.2 Å². The molecule has 2 aromatic heterocycles. The molecule has 4 rings (SSSR count). The Balaban J connectivity index is 1.83. The Kier molecular flexibility index (Phi) is 2.51. The highest BCUT2D eigenvalue weighted by Crippen LogP contribution is 2.22. The number of aryl methyl sites for hydroxylation is 1. The SMILES string of the molecule is Cn1nc(Cn2ccc3cc(N)ccc32)c2ccccc21. The number of fused-ring (bicyclic) bond motifs is 2. The maximum absolute atomic E-state index is 5.84. The predicted octanol–water partition coefficient (Wildman–Crippen LogP) is 3.16. The van der Waals surface area contributed by atoms with Gasteiger partial charge in [0.05, 0.1) is 17.8 Å². The number of nitrogens with zero attached hydrogens (tertiary/aromatic N) is 3. The average molecular weight is 276 g/mol. The quantitative estimate of drug-likeness (QED) is 0.572. The maximum Gasteiger partial charge on any atom is 0.0900 e. The van der Waals surface area contributed by atoms with E-state index in [1.54, 1.807) is 0 Å². The summed E-state index contributed by atoms with van der Waals surface area (Å²) in [6, 6.07) is 16.4. The van der Waals surface area contributed by atoms with Crippen LogP contribution in [0.5, 0.6) is 0 Å². The van der Waals surface area contributed by atoms with E-state index in [0.717, 1.165) is 28.8 Å². The molecule has 4 heteroatoms. The number of hydrogen-bond donors (Lipinski definition) is 1. The third kappa shape index (κ3) is 1.88. The van der Waals surface area contributed by atoms with Gasteiger partial charge in [-0.3, -0.25) is 4.68 Å². The van der Waals surface area contributed by atoms with Crippen LogP contribution in [0.15, 0.2) is 54.7 Å². The first kappa shape index (κ1) is 12.0. The fourth-order valence-corrected chi connectivity index (χ4v) is 2.92. The number of para-hydroxylation sites is 1. The van der Waals surface area contributed by atoms with Gasteiger partial charge in [0.15, 0.2) is 0 Å². The van der Waals surface area contributed by atoms with Crippen molar-refractivity contribution in [3.05, 3.63) is 60.4 Å². The molecule has 0 spiro atoms. The van der Waals surface area contributed by atoms with Crippen LogP contribution in [0.25, 0.3) is 21.8 Å². The Morgan fingerprint density at radius 3 is 2.81 bits per heavy atom. The minimum Gasteiger partial charge on any atom is -0.399 e. The Hall–Kier alpha value is -2.75. The summed E-state index contributed by atoms with van der Waals surface area (Å²) < 4.78 is 4.15. The number of aromatic nitrogens is 3. The predicted molar refractivity (Wildman–Crippen MR) is 86.2 cm³/mol. The summed E-state index contributed by atoms with van der Waals surface area (Å²) in [7, 11) is 1.99. The normalized spacial score (nSPS) is 11.5. The van der Waals surface area contributed by atoms with Gasteiger partial charge in [0.1, 0.15) is 0 Å². The molecule has 2 heterocycles. The average Bonchev–Trinajstić information content (AvgIpc) is 3.02. The zero-order chi connectivity index (χ0) is 14.4. The summed E-state index contributed by atoms with van der Waals surface area (Å²) in [4.78, 5) is 0. The molecule has 0 saturated carbocycles. The lowest BCUT2D eigenvalue weighted by atomic mass is 10.2. The van der Waals surface area contributed by atoms with Gasteiger partial charge in [0, 0.05) is 35.2 Å². The summed E-state index contributed by atoms with van der Waals surface area (Å²) in [5.41, 5.74) is 10.1. The Labute approximate surface area is 122 Å². The molecule has 4 nitrogen and oxygen atoms in total. The molecule has 0 radical (unpaired) electrons. The largest absolute Gasteiger partial charge is 0.399 e. The van der Waals surface area contributed by atoms with Crippen LogP contribution in [0.4, 0.5) is 5.69 Å². The van der Waals surface area contributed by atoms with Crippen molar-refractivity contribution >= 4 is 27.5 Å². The summed E-state index contributed by atoms with van der Waals surface area (Å²) in [6.45, 7) is 0.759. The second kappa shape index (κ2) is 4.38. The molecule has 21 heavy (non-hydrogen) atoms. The van der Waals surface area contributed by atoms with Gasteiger partial charge in [-0.1, -0.05) is 18.2 Å². The van der Waals surface area contributed by atoms with Crippen LogP contribution < -0.4 is 5.73 Å². The molecule has 2 N–H and O–H groups in total. The molecular weight excluding hydrogens is 260 g/mol. The lowest BCUT2D eigenvalue weighted by molar-refractivity contribution is 0.732. The highest BCUT2D eigenvalue weighted by atomic mass is 15.3. The number of anilines is 1. The standard InChI is InChI=1S/C17H16N4/c1-20-17-5-3-2-4-14(17)15(19-20)11-21-9-8-12-10-13(18)6-7-16(12)21/h2-10H,11,18H2,1H3. The molecule has 104 valence electrons.